The van der Waals surface area contributed by atoms with Crippen LogP contribution in [0.5, 0.6) is 0 Å². The van der Waals surface area contributed by atoms with E-state index in [4.69, 9.17) is 0 Å². The first kappa shape index (κ1) is 33.6. The van der Waals surface area contributed by atoms with E-state index in [1.807, 2.05) is 18.5 Å². The molecule has 5 heteroatoms. The number of nitrogens with zero attached hydrogens (tertiary/aromatic N) is 3. The number of aryl methyl sites for hydroxylation is 3. The Morgan fingerprint density at radius 1 is 0.696 bits per heavy atom. The number of aromatic nitrogens is 3. The normalized spacial score (nSPS) is 11.2. The van der Waals surface area contributed by atoms with Gasteiger partial charge in [0.2, 0.25) is 0 Å². The number of hydrogen-bond donors (Lipinski definition) is 0. The van der Waals surface area contributed by atoms with Gasteiger partial charge in [0, 0.05) is 26.3 Å². The maximum atomic E-state index is 4.60. The summed E-state index contributed by atoms with van der Waals surface area (Å²) in [6.45, 7) is 13.2. The predicted molar refractivity (Wildman–Crippen MR) is 190 cm³/mol. The van der Waals surface area contributed by atoms with E-state index in [1.54, 1.807) is 12.4 Å². The molecule has 3 aromatic carbocycles. The van der Waals surface area contributed by atoms with E-state index in [0.29, 0.717) is 19.9 Å². The van der Waals surface area contributed by atoms with Crippen molar-refractivity contribution in [1.82, 2.24) is 15.0 Å². The van der Waals surface area contributed by atoms with Gasteiger partial charge in [-0.3, -0.25) is 0 Å². The zero-order valence-corrected chi connectivity index (χ0v) is 31.2. The zero-order chi connectivity index (χ0) is 31.6. The molecule has 0 saturated heterocycles. The van der Waals surface area contributed by atoms with Gasteiger partial charge in [-0.15, -0.1) is 29.3 Å². The summed E-state index contributed by atoms with van der Waals surface area (Å²) in [5.41, 5.74) is 11.9. The second-order valence-electron chi connectivity index (χ2n) is 12.8. The molecule has 0 atom stereocenters. The van der Waals surface area contributed by atoms with E-state index >= 15 is 0 Å². The van der Waals surface area contributed by atoms with Gasteiger partial charge < -0.3 is 4.98 Å². The minimum atomic E-state index is 0. The third-order valence-electron chi connectivity index (χ3n) is 7.97. The Kier molecular flexibility index (Phi) is 10.5. The molecule has 7 aromatic rings. The first-order valence-corrected chi connectivity index (χ1v) is 17.0. The van der Waals surface area contributed by atoms with Gasteiger partial charge in [-0.1, -0.05) is 69.2 Å². The van der Waals surface area contributed by atoms with Crippen molar-refractivity contribution in [2.45, 2.75) is 48.0 Å². The Balaban J connectivity index is 0.000000185. The molecule has 233 valence electrons. The molecule has 0 bridgehead atoms. The maximum absolute atomic E-state index is 4.60. The molecule has 3 nitrogen and oxygen atoms in total. The number of fused-ring (bicyclic) bond motifs is 3. The molecule has 0 saturated carbocycles. The van der Waals surface area contributed by atoms with E-state index < -0.39 is 0 Å². The van der Waals surface area contributed by atoms with E-state index in [1.165, 1.54) is 52.7 Å². The van der Waals surface area contributed by atoms with Crippen LogP contribution in [0, 0.1) is 38.3 Å². The summed E-state index contributed by atoms with van der Waals surface area (Å²) in [4.78, 5) is 13.2. The first-order chi connectivity index (χ1) is 21.6. The van der Waals surface area contributed by atoms with Crippen LogP contribution in [0.15, 0.2) is 104 Å². The van der Waals surface area contributed by atoms with Crippen molar-refractivity contribution in [1.29, 1.82) is 0 Å². The summed E-state index contributed by atoms with van der Waals surface area (Å²) >= 11 is 0.386. The van der Waals surface area contributed by atoms with Gasteiger partial charge in [0.25, 0.3) is 0 Å². The number of benzene rings is 3. The average Bonchev–Trinajstić information content (AvgIpc) is 3.41. The van der Waals surface area contributed by atoms with E-state index in [-0.39, 0.29) is 20.1 Å². The van der Waals surface area contributed by atoms with Crippen LogP contribution in [-0.2, 0) is 26.5 Å². The fraction of sp³-hybridized carbons (Fsp3) is 0.195. The molecule has 0 amide bonds. The third kappa shape index (κ3) is 7.80. The standard InChI is InChI=1S/C25H28N.C16H9N2Se.Ir/c1-17-7-10-22(24-13-18(2)19(3)16-26-24)14-23(17)21-11-8-20(9-12-21)15-25(4,5)6;1-2-4-15-12(3-1)13-10-18-14(9-16(13)19-15)11-5-7-17-8-6-11;/h7-9,11-14,16H,15H2,1-6H3;1-5,7-10H;/q2*-1;. The molecule has 0 aliphatic heterocycles. The molecule has 46 heavy (non-hydrogen) atoms. The van der Waals surface area contributed by atoms with Gasteiger partial charge in [-0.05, 0) is 48.1 Å². The summed E-state index contributed by atoms with van der Waals surface area (Å²) in [6.07, 6.45) is 8.49. The predicted octanol–water partition coefficient (Wildman–Crippen LogP) is 10.0. The van der Waals surface area contributed by atoms with Crippen molar-refractivity contribution >= 4 is 33.8 Å². The van der Waals surface area contributed by atoms with Gasteiger partial charge in [-0.2, -0.15) is 0 Å². The van der Waals surface area contributed by atoms with E-state index in [2.05, 4.69) is 141 Å². The average molecular weight is 843 g/mol. The van der Waals surface area contributed by atoms with Crippen LogP contribution >= 0.6 is 0 Å². The Morgan fingerprint density at radius 3 is 2.15 bits per heavy atom. The monoisotopic (exact) mass is 844 g/mol. The molecule has 0 spiro atoms. The molecule has 0 fully saturated rings. The molecular formula is C41H37IrN3Se-2. The van der Waals surface area contributed by atoms with Crippen LogP contribution in [0.1, 0.15) is 43.0 Å². The van der Waals surface area contributed by atoms with Gasteiger partial charge in [0.1, 0.15) is 0 Å². The van der Waals surface area contributed by atoms with Crippen molar-refractivity contribution < 1.29 is 20.1 Å². The van der Waals surface area contributed by atoms with Crippen LogP contribution in [-0.4, -0.2) is 29.5 Å². The van der Waals surface area contributed by atoms with Crippen molar-refractivity contribution in [3.8, 4) is 33.6 Å². The molecule has 0 N–H and O–H groups in total. The molecule has 0 aliphatic carbocycles. The molecule has 0 unspecified atom stereocenters. The Hall–Kier alpha value is -3.72. The van der Waals surface area contributed by atoms with Crippen molar-refractivity contribution in [3.63, 3.8) is 0 Å². The van der Waals surface area contributed by atoms with Gasteiger partial charge in [-0.25, -0.2) is 0 Å². The summed E-state index contributed by atoms with van der Waals surface area (Å²) in [6, 6.07) is 34.7. The SMILES string of the molecule is Cc1cnc(-c2[c-]cc(C)c(-c3ccc(CC(C)(C)C)cc3)c2)cc1C.[Ir].[c-]1cnccc1-c1cc2[se]c3ccccc3c2cn1. The Labute approximate surface area is 292 Å². The van der Waals surface area contributed by atoms with Gasteiger partial charge in [0.15, 0.2) is 0 Å². The number of hydrogen-bond acceptors (Lipinski definition) is 3. The molecule has 0 aliphatic rings. The summed E-state index contributed by atoms with van der Waals surface area (Å²) in [7, 11) is 0. The van der Waals surface area contributed by atoms with E-state index in [9.17, 15) is 0 Å². The molecule has 4 heterocycles. The van der Waals surface area contributed by atoms with Crippen molar-refractivity contribution in [2.75, 3.05) is 0 Å². The third-order valence-corrected chi connectivity index (χ3v) is 10.3. The minimum absolute atomic E-state index is 0. The first-order valence-electron chi connectivity index (χ1n) is 15.3. The second-order valence-corrected chi connectivity index (χ2v) is 15.1. The topological polar surface area (TPSA) is 38.7 Å². The van der Waals surface area contributed by atoms with E-state index in [0.717, 1.165) is 28.9 Å². The Morgan fingerprint density at radius 2 is 1.43 bits per heavy atom. The fourth-order valence-corrected chi connectivity index (χ4v) is 7.79. The van der Waals surface area contributed by atoms with Crippen LogP contribution in [0.3, 0.4) is 0 Å². The van der Waals surface area contributed by atoms with Crippen LogP contribution in [0.2, 0.25) is 0 Å². The molecule has 1 radical (unpaired) electrons. The van der Waals surface area contributed by atoms with Crippen LogP contribution in [0.4, 0.5) is 0 Å². The Bertz CT molecular complexity index is 2090. The van der Waals surface area contributed by atoms with Crippen molar-refractivity contribution in [2.24, 2.45) is 5.41 Å². The molecular weight excluding hydrogens is 806 g/mol. The summed E-state index contributed by atoms with van der Waals surface area (Å²) in [5, 5.41) is 2.63. The zero-order valence-electron chi connectivity index (χ0n) is 27.1. The van der Waals surface area contributed by atoms with Crippen molar-refractivity contribution in [3.05, 3.63) is 138 Å². The number of pyridine rings is 3. The molecule has 4 aromatic heterocycles. The summed E-state index contributed by atoms with van der Waals surface area (Å²) in [5.74, 6) is 0. The molecule has 7 rings (SSSR count). The second kappa shape index (κ2) is 14.4. The van der Waals surface area contributed by atoms with Crippen LogP contribution in [0.25, 0.3) is 52.9 Å². The summed E-state index contributed by atoms with van der Waals surface area (Å²) < 4.78 is 2.85. The fourth-order valence-electron chi connectivity index (χ4n) is 5.45. The van der Waals surface area contributed by atoms with Gasteiger partial charge in [0.05, 0.1) is 0 Å². The van der Waals surface area contributed by atoms with Crippen LogP contribution < -0.4 is 0 Å². The van der Waals surface area contributed by atoms with Gasteiger partial charge >= 0.3 is 116 Å². The quantitative estimate of drug-likeness (QED) is 0.131. The number of rotatable bonds is 4.